The summed E-state index contributed by atoms with van der Waals surface area (Å²) in [5, 5.41) is 11.3. The maximum Gasteiger partial charge on any atom is 0.309 e. The van der Waals surface area contributed by atoms with Gasteiger partial charge in [0.05, 0.1) is 10.8 Å². The van der Waals surface area contributed by atoms with Gasteiger partial charge in [0.1, 0.15) is 11.5 Å². The standard InChI is InChI=1S/C23H26FN3O5/c1-16(22(28)25(2)15-17-6-5-7-19(24)14-17)32-23(29)18-10-12-26(13-11-18)20-8-3-4-9-21(20)27(30)31/h3-9,14,16,18H,10-13,15H2,1-2H3. The lowest BCUT2D eigenvalue weighted by molar-refractivity contribution is -0.384. The number of carbonyl (C=O) groups excluding carboxylic acids is 2. The van der Waals surface area contributed by atoms with Crippen LogP contribution in [-0.2, 0) is 20.9 Å². The van der Waals surface area contributed by atoms with Crippen LogP contribution in [0.1, 0.15) is 25.3 Å². The average molecular weight is 443 g/mol. The predicted molar refractivity (Wildman–Crippen MR) is 116 cm³/mol. The number of rotatable bonds is 7. The van der Waals surface area contributed by atoms with E-state index in [1.165, 1.54) is 30.0 Å². The summed E-state index contributed by atoms with van der Waals surface area (Å²) in [6, 6.07) is 12.5. The Kier molecular flexibility index (Phi) is 7.40. The highest BCUT2D eigenvalue weighted by Gasteiger charge is 2.31. The summed E-state index contributed by atoms with van der Waals surface area (Å²) in [6.45, 7) is 2.68. The van der Waals surface area contributed by atoms with Crippen molar-refractivity contribution in [2.24, 2.45) is 5.92 Å². The third-order valence-electron chi connectivity index (χ3n) is 5.57. The molecule has 0 saturated carbocycles. The van der Waals surface area contributed by atoms with Crippen molar-refractivity contribution >= 4 is 23.3 Å². The summed E-state index contributed by atoms with van der Waals surface area (Å²) < 4.78 is 18.7. The smallest absolute Gasteiger partial charge is 0.309 e. The van der Waals surface area contributed by atoms with Gasteiger partial charge >= 0.3 is 5.97 Å². The zero-order chi connectivity index (χ0) is 23.3. The fourth-order valence-electron chi connectivity index (χ4n) is 3.86. The molecule has 0 N–H and O–H groups in total. The SMILES string of the molecule is CC(OC(=O)C1CCN(c2ccccc2[N+](=O)[O-])CC1)C(=O)N(C)Cc1cccc(F)c1. The number of nitrogens with zero attached hydrogens (tertiary/aromatic N) is 3. The van der Waals surface area contributed by atoms with Gasteiger partial charge in [-0.1, -0.05) is 24.3 Å². The van der Waals surface area contributed by atoms with Gasteiger partial charge < -0.3 is 14.5 Å². The summed E-state index contributed by atoms with van der Waals surface area (Å²) in [7, 11) is 1.57. The third-order valence-corrected chi connectivity index (χ3v) is 5.57. The Balaban J connectivity index is 1.52. The van der Waals surface area contributed by atoms with Gasteiger partial charge in [-0.2, -0.15) is 0 Å². The van der Waals surface area contributed by atoms with Crippen molar-refractivity contribution < 1.29 is 23.6 Å². The molecule has 32 heavy (non-hydrogen) atoms. The van der Waals surface area contributed by atoms with E-state index in [-0.39, 0.29) is 29.9 Å². The summed E-state index contributed by atoms with van der Waals surface area (Å²) in [4.78, 5) is 39.3. The molecule has 1 heterocycles. The number of amides is 1. The molecule has 8 nitrogen and oxygen atoms in total. The van der Waals surface area contributed by atoms with Crippen LogP contribution in [0.3, 0.4) is 0 Å². The molecule has 0 spiro atoms. The van der Waals surface area contributed by atoms with Gasteiger partial charge in [0.25, 0.3) is 11.6 Å². The number of halogens is 1. The number of hydrogen-bond donors (Lipinski definition) is 0. The first kappa shape index (κ1) is 23.2. The molecule has 9 heteroatoms. The van der Waals surface area contributed by atoms with Crippen LogP contribution in [0, 0.1) is 21.8 Å². The van der Waals surface area contributed by atoms with E-state index in [1.807, 2.05) is 4.90 Å². The van der Waals surface area contributed by atoms with Crippen molar-refractivity contribution in [2.75, 3.05) is 25.0 Å². The highest BCUT2D eigenvalue weighted by Crippen LogP contribution is 2.31. The quantitative estimate of drug-likeness (QED) is 0.369. The minimum Gasteiger partial charge on any atom is -0.452 e. The van der Waals surface area contributed by atoms with Crippen molar-refractivity contribution in [3.8, 4) is 0 Å². The van der Waals surface area contributed by atoms with E-state index in [4.69, 9.17) is 4.74 Å². The number of esters is 1. The fourth-order valence-corrected chi connectivity index (χ4v) is 3.86. The zero-order valence-corrected chi connectivity index (χ0v) is 18.1. The predicted octanol–water partition coefficient (Wildman–Crippen LogP) is 3.54. The number of para-hydroxylation sites is 2. The second-order valence-corrected chi connectivity index (χ2v) is 7.91. The molecule has 0 aromatic heterocycles. The Morgan fingerprint density at radius 2 is 1.91 bits per heavy atom. The summed E-state index contributed by atoms with van der Waals surface area (Å²) in [6.07, 6.45) is -0.00940. The minimum atomic E-state index is -0.964. The summed E-state index contributed by atoms with van der Waals surface area (Å²) in [5.41, 5.74) is 1.21. The van der Waals surface area contributed by atoms with Crippen LogP contribution in [0.15, 0.2) is 48.5 Å². The van der Waals surface area contributed by atoms with E-state index in [9.17, 15) is 24.1 Å². The number of hydrogen-bond acceptors (Lipinski definition) is 6. The molecule has 1 fully saturated rings. The van der Waals surface area contributed by atoms with Gasteiger partial charge in [0.2, 0.25) is 0 Å². The normalized spacial score (nSPS) is 15.2. The highest BCUT2D eigenvalue weighted by atomic mass is 19.1. The molecular formula is C23H26FN3O5. The molecule has 1 atom stereocenters. The molecule has 1 amide bonds. The lowest BCUT2D eigenvalue weighted by atomic mass is 9.96. The maximum atomic E-state index is 13.3. The van der Waals surface area contributed by atoms with Crippen LogP contribution in [0.25, 0.3) is 0 Å². The second-order valence-electron chi connectivity index (χ2n) is 7.91. The largest absolute Gasteiger partial charge is 0.452 e. The lowest BCUT2D eigenvalue weighted by Gasteiger charge is -2.32. The van der Waals surface area contributed by atoms with E-state index < -0.39 is 17.0 Å². The lowest BCUT2D eigenvalue weighted by Crippen LogP contribution is -2.41. The molecule has 1 unspecified atom stereocenters. The van der Waals surface area contributed by atoms with Crippen molar-refractivity contribution in [1.82, 2.24) is 4.90 Å². The van der Waals surface area contributed by atoms with Crippen LogP contribution in [0.4, 0.5) is 15.8 Å². The Hall–Kier alpha value is -3.49. The molecule has 3 rings (SSSR count). The molecule has 1 aliphatic heterocycles. The molecule has 170 valence electrons. The van der Waals surface area contributed by atoms with Crippen molar-refractivity contribution in [3.63, 3.8) is 0 Å². The van der Waals surface area contributed by atoms with Crippen LogP contribution >= 0.6 is 0 Å². The number of likely N-dealkylation sites (N-methyl/N-ethyl adjacent to an activating group) is 1. The third kappa shape index (κ3) is 5.60. The van der Waals surface area contributed by atoms with E-state index in [2.05, 4.69) is 0 Å². The van der Waals surface area contributed by atoms with Gasteiger partial charge in [0.15, 0.2) is 6.10 Å². The highest BCUT2D eigenvalue weighted by molar-refractivity contribution is 5.84. The van der Waals surface area contributed by atoms with Gasteiger partial charge in [0, 0.05) is 32.7 Å². The maximum absolute atomic E-state index is 13.3. The number of carbonyl (C=O) groups is 2. The summed E-state index contributed by atoms with van der Waals surface area (Å²) >= 11 is 0. The first-order valence-corrected chi connectivity index (χ1v) is 10.4. The molecule has 0 aliphatic carbocycles. The molecule has 1 saturated heterocycles. The zero-order valence-electron chi connectivity index (χ0n) is 18.1. The molecule has 0 bridgehead atoms. The minimum absolute atomic E-state index is 0.0362. The van der Waals surface area contributed by atoms with Crippen molar-refractivity contribution in [2.45, 2.75) is 32.4 Å². The van der Waals surface area contributed by atoms with Gasteiger partial charge in [-0.25, -0.2) is 4.39 Å². The van der Waals surface area contributed by atoms with E-state index >= 15 is 0 Å². The Labute approximate surface area is 185 Å². The van der Waals surface area contributed by atoms with Crippen LogP contribution in [0.2, 0.25) is 0 Å². The molecular weight excluding hydrogens is 417 g/mol. The molecule has 1 aliphatic rings. The number of anilines is 1. The second kappa shape index (κ2) is 10.2. The monoisotopic (exact) mass is 443 g/mol. The summed E-state index contributed by atoms with van der Waals surface area (Å²) in [5.74, 6) is -1.58. The van der Waals surface area contributed by atoms with E-state index in [1.54, 1.807) is 37.4 Å². The number of nitro groups is 1. The van der Waals surface area contributed by atoms with Crippen LogP contribution < -0.4 is 4.90 Å². The fraction of sp³-hybridized carbons (Fsp3) is 0.391. The number of ether oxygens (including phenoxy) is 1. The van der Waals surface area contributed by atoms with Gasteiger partial charge in [-0.05, 0) is 43.5 Å². The molecule has 2 aromatic rings. The Morgan fingerprint density at radius 3 is 2.56 bits per heavy atom. The first-order valence-electron chi connectivity index (χ1n) is 10.4. The van der Waals surface area contributed by atoms with E-state index in [0.717, 1.165) is 0 Å². The van der Waals surface area contributed by atoms with Crippen molar-refractivity contribution in [1.29, 1.82) is 0 Å². The Bertz CT molecular complexity index is 991. The number of piperidine rings is 1. The van der Waals surface area contributed by atoms with Gasteiger partial charge in [-0.3, -0.25) is 19.7 Å². The number of nitro benzene ring substituents is 1. The Morgan fingerprint density at radius 1 is 1.22 bits per heavy atom. The first-order chi connectivity index (χ1) is 15.3. The van der Waals surface area contributed by atoms with Crippen LogP contribution in [0.5, 0.6) is 0 Å². The average Bonchev–Trinajstić information content (AvgIpc) is 2.78. The topological polar surface area (TPSA) is 93.0 Å². The van der Waals surface area contributed by atoms with E-state index in [0.29, 0.717) is 37.2 Å². The number of benzene rings is 2. The molecule has 0 radical (unpaired) electrons. The van der Waals surface area contributed by atoms with Crippen molar-refractivity contribution in [3.05, 3.63) is 70.0 Å². The molecule has 2 aromatic carbocycles. The van der Waals surface area contributed by atoms with Crippen LogP contribution in [-0.4, -0.2) is 47.9 Å². The van der Waals surface area contributed by atoms with Gasteiger partial charge in [-0.15, -0.1) is 0 Å².